The summed E-state index contributed by atoms with van der Waals surface area (Å²) in [5.41, 5.74) is 0.945. The van der Waals surface area contributed by atoms with Crippen molar-refractivity contribution in [3.8, 4) is 5.75 Å². The van der Waals surface area contributed by atoms with Gasteiger partial charge < -0.3 is 5.11 Å². The summed E-state index contributed by atoms with van der Waals surface area (Å²) < 4.78 is 1.55. The molecule has 2 rings (SSSR count). The molecule has 6 nitrogen and oxygen atoms in total. The molecule has 1 heterocycles. The van der Waals surface area contributed by atoms with Crippen LogP contribution in [0.3, 0.4) is 0 Å². The number of hydrogen-bond acceptors (Lipinski definition) is 4. The fourth-order valence-electron chi connectivity index (χ4n) is 1.35. The van der Waals surface area contributed by atoms with E-state index < -0.39 is 4.92 Å². The van der Waals surface area contributed by atoms with Gasteiger partial charge in [0.25, 0.3) is 5.69 Å². The van der Waals surface area contributed by atoms with E-state index in [0.29, 0.717) is 6.54 Å². The summed E-state index contributed by atoms with van der Waals surface area (Å²) in [6.07, 6.45) is 2.83. The minimum atomic E-state index is -0.441. The highest BCUT2D eigenvalue weighted by molar-refractivity contribution is 5.32. The van der Waals surface area contributed by atoms with E-state index in [-0.39, 0.29) is 11.4 Å². The number of nitrogens with zero attached hydrogens (tertiary/aromatic N) is 3. The normalized spacial score (nSPS) is 10.2. The molecule has 0 saturated carbocycles. The Morgan fingerprint density at radius 1 is 1.38 bits per heavy atom. The molecule has 1 aromatic heterocycles. The van der Waals surface area contributed by atoms with Gasteiger partial charge in [-0.3, -0.25) is 14.8 Å². The Morgan fingerprint density at radius 3 is 2.56 bits per heavy atom. The van der Waals surface area contributed by atoms with Crippen LogP contribution in [0.15, 0.2) is 36.7 Å². The van der Waals surface area contributed by atoms with Crippen LogP contribution in [0, 0.1) is 10.1 Å². The van der Waals surface area contributed by atoms with Crippen LogP contribution >= 0.6 is 0 Å². The second-order valence-corrected chi connectivity index (χ2v) is 3.32. The molecule has 2 aromatic rings. The third kappa shape index (κ3) is 2.17. The summed E-state index contributed by atoms with van der Waals surface area (Å²) in [5, 5.41) is 23.4. The van der Waals surface area contributed by atoms with E-state index in [9.17, 15) is 10.1 Å². The first-order valence-corrected chi connectivity index (χ1v) is 4.60. The molecule has 0 atom stereocenters. The van der Waals surface area contributed by atoms with Crippen LogP contribution in [0.2, 0.25) is 0 Å². The van der Waals surface area contributed by atoms with Gasteiger partial charge in [-0.2, -0.15) is 5.10 Å². The fraction of sp³-hybridized carbons (Fsp3) is 0.100. The van der Waals surface area contributed by atoms with E-state index in [0.717, 1.165) is 5.56 Å². The van der Waals surface area contributed by atoms with Crippen LogP contribution in [0.1, 0.15) is 5.56 Å². The molecule has 6 heteroatoms. The number of nitro benzene ring substituents is 1. The molecule has 16 heavy (non-hydrogen) atoms. The van der Waals surface area contributed by atoms with Crippen molar-refractivity contribution in [2.24, 2.45) is 0 Å². The number of nitro groups is 1. The average Bonchev–Trinajstić information content (AvgIpc) is 2.65. The largest absolute Gasteiger partial charge is 0.505 e. The molecule has 0 amide bonds. The van der Waals surface area contributed by atoms with Crippen LogP contribution in [0.5, 0.6) is 5.75 Å². The van der Waals surface area contributed by atoms with Crippen LogP contribution in [-0.4, -0.2) is 19.8 Å². The van der Waals surface area contributed by atoms with Crippen molar-refractivity contribution in [1.82, 2.24) is 9.78 Å². The number of aromatic hydroxyl groups is 1. The van der Waals surface area contributed by atoms with Gasteiger partial charge in [0.05, 0.1) is 23.9 Å². The maximum absolute atomic E-state index is 10.4. The molecule has 0 radical (unpaired) electrons. The zero-order chi connectivity index (χ0) is 11.5. The minimum Gasteiger partial charge on any atom is -0.505 e. The molecule has 1 N–H and O–H groups in total. The van der Waals surface area contributed by atoms with Crippen LogP contribution in [0.4, 0.5) is 5.69 Å². The SMILES string of the molecule is O=[N+]([O-])c1ccc(Cn2cc(O)cn2)cc1. The van der Waals surface area contributed by atoms with Crippen LogP contribution in [-0.2, 0) is 6.54 Å². The third-order valence-electron chi connectivity index (χ3n) is 2.11. The van der Waals surface area contributed by atoms with E-state index in [2.05, 4.69) is 5.10 Å². The van der Waals surface area contributed by atoms with Crippen molar-refractivity contribution in [1.29, 1.82) is 0 Å². The maximum Gasteiger partial charge on any atom is 0.269 e. The molecule has 0 spiro atoms. The smallest absolute Gasteiger partial charge is 0.269 e. The molecule has 82 valence electrons. The molecule has 0 aliphatic rings. The Morgan fingerprint density at radius 2 is 2.06 bits per heavy atom. The van der Waals surface area contributed by atoms with Gasteiger partial charge in [0.15, 0.2) is 5.75 Å². The van der Waals surface area contributed by atoms with Crippen molar-refractivity contribution < 1.29 is 10.0 Å². The van der Waals surface area contributed by atoms with Crippen molar-refractivity contribution in [2.45, 2.75) is 6.54 Å². The second-order valence-electron chi connectivity index (χ2n) is 3.32. The van der Waals surface area contributed by atoms with Crippen molar-refractivity contribution in [3.05, 3.63) is 52.3 Å². The summed E-state index contributed by atoms with van der Waals surface area (Å²) in [6, 6.07) is 6.21. The zero-order valence-electron chi connectivity index (χ0n) is 8.28. The van der Waals surface area contributed by atoms with Gasteiger partial charge in [-0.05, 0) is 5.56 Å². The van der Waals surface area contributed by atoms with Gasteiger partial charge >= 0.3 is 0 Å². The van der Waals surface area contributed by atoms with Crippen molar-refractivity contribution >= 4 is 5.69 Å². The number of non-ortho nitro benzene ring substituents is 1. The second kappa shape index (κ2) is 4.01. The molecular formula is C10H9N3O3. The predicted octanol–water partition coefficient (Wildman–Crippen LogP) is 1.55. The lowest BCUT2D eigenvalue weighted by Gasteiger charge is -2.00. The first-order chi connectivity index (χ1) is 7.65. The van der Waals surface area contributed by atoms with Gasteiger partial charge in [-0.1, -0.05) is 12.1 Å². The molecule has 1 aromatic carbocycles. The molecule has 0 fully saturated rings. The molecule has 0 bridgehead atoms. The highest BCUT2D eigenvalue weighted by Gasteiger charge is 2.04. The Balaban J connectivity index is 2.14. The molecule has 0 aliphatic heterocycles. The van der Waals surface area contributed by atoms with Crippen molar-refractivity contribution in [2.75, 3.05) is 0 Å². The van der Waals surface area contributed by atoms with E-state index in [4.69, 9.17) is 5.11 Å². The third-order valence-corrected chi connectivity index (χ3v) is 2.11. The van der Waals surface area contributed by atoms with Gasteiger partial charge in [-0.15, -0.1) is 0 Å². The first kappa shape index (κ1) is 10.2. The standard InChI is InChI=1S/C10H9N3O3/c14-10-5-11-12(7-10)6-8-1-3-9(4-2-8)13(15)16/h1-5,7,14H,6H2. The molecule has 0 unspecified atom stereocenters. The summed E-state index contributed by atoms with van der Waals surface area (Å²) in [4.78, 5) is 9.99. The maximum atomic E-state index is 10.4. The Bertz CT molecular complexity index is 504. The van der Waals surface area contributed by atoms with Gasteiger partial charge in [0.1, 0.15) is 0 Å². The quantitative estimate of drug-likeness (QED) is 0.627. The molecule has 0 aliphatic carbocycles. The summed E-state index contributed by atoms with van der Waals surface area (Å²) in [6.45, 7) is 0.471. The van der Waals surface area contributed by atoms with E-state index in [1.54, 1.807) is 16.8 Å². The number of hydrogen-bond donors (Lipinski definition) is 1. The van der Waals surface area contributed by atoms with Gasteiger partial charge in [0.2, 0.25) is 0 Å². The van der Waals surface area contributed by atoms with Crippen molar-refractivity contribution in [3.63, 3.8) is 0 Å². The minimum absolute atomic E-state index is 0.0621. The fourth-order valence-corrected chi connectivity index (χ4v) is 1.35. The number of aromatic nitrogens is 2. The number of benzene rings is 1. The lowest BCUT2D eigenvalue weighted by molar-refractivity contribution is -0.384. The monoisotopic (exact) mass is 219 g/mol. The highest BCUT2D eigenvalue weighted by Crippen LogP contribution is 2.13. The average molecular weight is 219 g/mol. The van der Waals surface area contributed by atoms with Crippen LogP contribution in [0.25, 0.3) is 0 Å². The lowest BCUT2D eigenvalue weighted by atomic mass is 10.2. The van der Waals surface area contributed by atoms with Crippen LogP contribution < -0.4 is 0 Å². The topological polar surface area (TPSA) is 81.2 Å². The predicted molar refractivity (Wildman–Crippen MR) is 56.1 cm³/mol. The van der Waals surface area contributed by atoms with E-state index in [1.165, 1.54) is 24.5 Å². The first-order valence-electron chi connectivity index (χ1n) is 4.60. The molecule has 0 saturated heterocycles. The summed E-state index contributed by atoms with van der Waals surface area (Å²) in [7, 11) is 0. The lowest BCUT2D eigenvalue weighted by Crippen LogP contribution is -1.99. The van der Waals surface area contributed by atoms with Gasteiger partial charge in [-0.25, -0.2) is 0 Å². The Kier molecular flexibility index (Phi) is 2.55. The highest BCUT2D eigenvalue weighted by atomic mass is 16.6. The Labute approximate surface area is 90.9 Å². The zero-order valence-corrected chi connectivity index (χ0v) is 8.28. The molecular weight excluding hydrogens is 210 g/mol. The summed E-state index contributed by atoms with van der Waals surface area (Å²) in [5.74, 6) is 0.0990. The Hall–Kier alpha value is -2.37. The van der Waals surface area contributed by atoms with E-state index in [1.807, 2.05) is 0 Å². The van der Waals surface area contributed by atoms with Gasteiger partial charge in [0, 0.05) is 12.1 Å². The summed E-state index contributed by atoms with van der Waals surface area (Å²) >= 11 is 0. The number of rotatable bonds is 3. The van der Waals surface area contributed by atoms with E-state index >= 15 is 0 Å².